The Hall–Kier alpha value is -1.46. The first-order valence-corrected chi connectivity index (χ1v) is 6.23. The minimum absolute atomic E-state index is 0.192. The Labute approximate surface area is 123 Å². The first-order chi connectivity index (χ1) is 9.38. The molecule has 20 heavy (non-hydrogen) atoms. The molecule has 1 aromatic carbocycles. The number of ether oxygens (including phenoxy) is 1. The largest absolute Gasteiger partial charge is 0.487 e. The summed E-state index contributed by atoms with van der Waals surface area (Å²) in [6.45, 7) is -0.202. The molecule has 0 aliphatic rings. The van der Waals surface area contributed by atoms with Crippen molar-refractivity contribution in [2.45, 2.75) is 12.8 Å². The average Bonchev–Trinajstić information content (AvgIpc) is 2.39. The summed E-state index contributed by atoms with van der Waals surface area (Å²) >= 11 is 11.6. The number of halogens is 5. The van der Waals surface area contributed by atoms with Crippen LogP contribution in [0.25, 0.3) is 0 Å². The van der Waals surface area contributed by atoms with Crippen LogP contribution in [0.15, 0.2) is 36.4 Å². The summed E-state index contributed by atoms with van der Waals surface area (Å²) in [6, 6.07) is 7.92. The van der Waals surface area contributed by atoms with Gasteiger partial charge in [0.15, 0.2) is 0 Å². The van der Waals surface area contributed by atoms with Crippen LogP contribution in [0, 0.1) is 0 Å². The predicted octanol–water partition coefficient (Wildman–Crippen LogP) is 4.99. The molecular formula is C13H8Cl2F3NO. The Morgan fingerprint density at radius 2 is 1.75 bits per heavy atom. The monoisotopic (exact) mass is 321 g/mol. The van der Waals surface area contributed by atoms with Gasteiger partial charge in [-0.2, -0.15) is 13.2 Å². The molecule has 2 rings (SSSR count). The highest BCUT2D eigenvalue weighted by Gasteiger charge is 2.34. The molecule has 0 saturated heterocycles. The molecule has 0 radical (unpaired) electrons. The summed E-state index contributed by atoms with van der Waals surface area (Å²) < 4.78 is 43.5. The van der Waals surface area contributed by atoms with Gasteiger partial charge in [-0.05, 0) is 24.3 Å². The normalized spacial score (nSPS) is 11.4. The Morgan fingerprint density at radius 3 is 2.45 bits per heavy atom. The van der Waals surface area contributed by atoms with Gasteiger partial charge in [0.25, 0.3) is 0 Å². The molecule has 7 heteroatoms. The Bertz CT molecular complexity index is 617. The standard InChI is InChI=1S/C13H8Cl2F3NO/c14-9-5-6-12(15)19-10(9)7-20-11-4-2-1-3-8(11)13(16,17)18/h1-6H,7H2. The number of hydrogen-bond donors (Lipinski definition) is 0. The molecule has 0 unspecified atom stereocenters. The molecule has 0 N–H and O–H groups in total. The molecule has 2 aromatic rings. The van der Waals surface area contributed by atoms with Gasteiger partial charge >= 0.3 is 6.18 Å². The molecular weight excluding hydrogens is 314 g/mol. The van der Waals surface area contributed by atoms with Crippen LogP contribution in [-0.4, -0.2) is 4.98 Å². The molecule has 0 bridgehead atoms. The highest BCUT2D eigenvalue weighted by Crippen LogP contribution is 2.36. The van der Waals surface area contributed by atoms with E-state index in [4.69, 9.17) is 27.9 Å². The van der Waals surface area contributed by atoms with Gasteiger partial charge in [-0.15, -0.1) is 0 Å². The maximum Gasteiger partial charge on any atom is 0.419 e. The van der Waals surface area contributed by atoms with Crippen LogP contribution in [-0.2, 0) is 12.8 Å². The molecule has 2 nitrogen and oxygen atoms in total. The van der Waals surface area contributed by atoms with Gasteiger partial charge in [0.05, 0.1) is 16.3 Å². The molecule has 0 aliphatic heterocycles. The van der Waals surface area contributed by atoms with E-state index in [2.05, 4.69) is 4.98 Å². The topological polar surface area (TPSA) is 22.1 Å². The Kier molecular flexibility index (Phi) is 4.40. The molecule has 1 heterocycles. The molecule has 1 aromatic heterocycles. The number of nitrogens with zero attached hydrogens (tertiary/aromatic N) is 1. The molecule has 106 valence electrons. The number of aromatic nitrogens is 1. The van der Waals surface area contributed by atoms with Crippen molar-refractivity contribution in [2.75, 3.05) is 0 Å². The van der Waals surface area contributed by atoms with Crippen molar-refractivity contribution in [3.05, 3.63) is 57.8 Å². The second-order valence-electron chi connectivity index (χ2n) is 3.85. The zero-order valence-electron chi connectivity index (χ0n) is 9.92. The second kappa shape index (κ2) is 5.89. The minimum Gasteiger partial charge on any atom is -0.487 e. The van der Waals surface area contributed by atoms with Crippen LogP contribution < -0.4 is 4.74 Å². The number of rotatable bonds is 3. The van der Waals surface area contributed by atoms with Crippen molar-refractivity contribution in [1.29, 1.82) is 0 Å². The van der Waals surface area contributed by atoms with Gasteiger partial charge in [0.2, 0.25) is 0 Å². The van der Waals surface area contributed by atoms with Gasteiger partial charge in [0, 0.05) is 0 Å². The predicted molar refractivity (Wildman–Crippen MR) is 70.0 cm³/mol. The van der Waals surface area contributed by atoms with Crippen molar-refractivity contribution >= 4 is 23.2 Å². The lowest BCUT2D eigenvalue weighted by Gasteiger charge is -2.13. The number of alkyl halides is 3. The van der Waals surface area contributed by atoms with E-state index < -0.39 is 11.7 Å². The molecule has 0 amide bonds. The number of hydrogen-bond acceptors (Lipinski definition) is 2. The first kappa shape index (κ1) is 14.9. The fourth-order valence-electron chi connectivity index (χ4n) is 1.53. The number of pyridine rings is 1. The Balaban J connectivity index is 2.21. The van der Waals surface area contributed by atoms with E-state index in [-0.39, 0.29) is 28.2 Å². The van der Waals surface area contributed by atoms with Crippen LogP contribution >= 0.6 is 23.2 Å². The summed E-state index contributed by atoms with van der Waals surface area (Å²) in [7, 11) is 0. The Morgan fingerprint density at radius 1 is 1.05 bits per heavy atom. The van der Waals surface area contributed by atoms with Crippen LogP contribution in [0.1, 0.15) is 11.3 Å². The maximum absolute atomic E-state index is 12.8. The zero-order chi connectivity index (χ0) is 14.8. The van der Waals surface area contributed by atoms with Crippen LogP contribution in [0.3, 0.4) is 0 Å². The highest BCUT2D eigenvalue weighted by molar-refractivity contribution is 6.32. The van der Waals surface area contributed by atoms with E-state index in [0.29, 0.717) is 0 Å². The third-order valence-corrected chi connectivity index (χ3v) is 3.00. The number of para-hydroxylation sites is 1. The van der Waals surface area contributed by atoms with E-state index in [1.165, 1.54) is 30.3 Å². The smallest absolute Gasteiger partial charge is 0.419 e. The molecule has 0 fully saturated rings. The van der Waals surface area contributed by atoms with E-state index in [1.54, 1.807) is 0 Å². The van der Waals surface area contributed by atoms with Gasteiger partial charge < -0.3 is 4.74 Å². The first-order valence-electron chi connectivity index (χ1n) is 5.48. The van der Waals surface area contributed by atoms with Crippen molar-refractivity contribution < 1.29 is 17.9 Å². The summed E-state index contributed by atoms with van der Waals surface area (Å²) in [4.78, 5) is 3.91. The van der Waals surface area contributed by atoms with Gasteiger partial charge in [-0.25, -0.2) is 4.98 Å². The van der Waals surface area contributed by atoms with E-state index in [0.717, 1.165) is 6.07 Å². The van der Waals surface area contributed by atoms with Crippen LogP contribution in [0.5, 0.6) is 5.75 Å². The van der Waals surface area contributed by atoms with Crippen LogP contribution in [0.2, 0.25) is 10.2 Å². The zero-order valence-corrected chi connectivity index (χ0v) is 11.4. The molecule has 0 spiro atoms. The van der Waals surface area contributed by atoms with Crippen molar-refractivity contribution in [2.24, 2.45) is 0 Å². The summed E-state index contributed by atoms with van der Waals surface area (Å²) in [5.74, 6) is -0.280. The summed E-state index contributed by atoms with van der Waals surface area (Å²) in [6.07, 6.45) is -4.48. The average molecular weight is 322 g/mol. The van der Waals surface area contributed by atoms with Crippen LogP contribution in [0.4, 0.5) is 13.2 Å². The molecule has 0 atom stereocenters. The molecule has 0 aliphatic carbocycles. The second-order valence-corrected chi connectivity index (χ2v) is 4.64. The number of benzene rings is 1. The van der Waals surface area contributed by atoms with Crippen molar-refractivity contribution in [1.82, 2.24) is 4.98 Å². The minimum atomic E-state index is -4.48. The van der Waals surface area contributed by atoms with Crippen molar-refractivity contribution in [3.63, 3.8) is 0 Å². The third-order valence-electron chi connectivity index (χ3n) is 2.44. The quantitative estimate of drug-likeness (QED) is 0.743. The summed E-state index contributed by atoms with van der Waals surface area (Å²) in [5, 5.41) is 0.469. The lowest BCUT2D eigenvalue weighted by molar-refractivity contribution is -0.139. The van der Waals surface area contributed by atoms with Gasteiger partial charge in [-0.3, -0.25) is 0 Å². The summed E-state index contributed by atoms with van der Waals surface area (Å²) in [5.41, 5.74) is -0.575. The SMILES string of the molecule is FC(F)(F)c1ccccc1OCc1nc(Cl)ccc1Cl. The maximum atomic E-state index is 12.8. The fourth-order valence-corrected chi connectivity index (χ4v) is 1.86. The lowest BCUT2D eigenvalue weighted by atomic mass is 10.2. The van der Waals surface area contributed by atoms with E-state index in [1.807, 2.05) is 0 Å². The lowest BCUT2D eigenvalue weighted by Crippen LogP contribution is -2.09. The van der Waals surface area contributed by atoms with Gasteiger partial charge in [0.1, 0.15) is 17.5 Å². The fraction of sp³-hybridized carbons (Fsp3) is 0.154. The van der Waals surface area contributed by atoms with Crippen molar-refractivity contribution in [3.8, 4) is 5.75 Å². The molecule has 0 saturated carbocycles. The van der Waals surface area contributed by atoms with Gasteiger partial charge in [-0.1, -0.05) is 35.3 Å². The van der Waals surface area contributed by atoms with E-state index in [9.17, 15) is 13.2 Å². The highest BCUT2D eigenvalue weighted by atomic mass is 35.5. The van der Waals surface area contributed by atoms with E-state index >= 15 is 0 Å². The third kappa shape index (κ3) is 3.55.